The molecule has 8 heteroatoms. The first kappa shape index (κ1) is 19.6. The number of rotatable bonds is 7. The van der Waals surface area contributed by atoms with Gasteiger partial charge in [0.1, 0.15) is 5.76 Å². The van der Waals surface area contributed by atoms with Crippen molar-refractivity contribution in [1.82, 2.24) is 9.88 Å². The second-order valence-corrected chi connectivity index (χ2v) is 7.75. The predicted molar refractivity (Wildman–Crippen MR) is 113 cm³/mol. The molecule has 2 aromatic heterocycles. The Kier molecular flexibility index (Phi) is 6.24. The van der Waals surface area contributed by atoms with Crippen molar-refractivity contribution in [3.8, 4) is 10.8 Å². The number of benzene rings is 1. The van der Waals surface area contributed by atoms with Crippen molar-refractivity contribution in [2.24, 2.45) is 10.9 Å². The number of morpholine rings is 1. The number of aromatic nitrogens is 1. The van der Waals surface area contributed by atoms with Crippen molar-refractivity contribution < 1.29 is 14.0 Å². The van der Waals surface area contributed by atoms with Crippen LogP contribution in [-0.4, -0.2) is 42.0 Å². The van der Waals surface area contributed by atoms with Crippen LogP contribution in [0.4, 0.5) is 0 Å². The molecule has 3 heterocycles. The van der Waals surface area contributed by atoms with E-state index in [0.29, 0.717) is 5.84 Å². The third kappa shape index (κ3) is 5.23. The zero-order chi connectivity index (χ0) is 20.1. The monoisotopic (exact) mass is 412 g/mol. The maximum atomic E-state index is 6.12. The molecule has 4 rings (SSSR count). The molecular weight excluding hydrogens is 388 g/mol. The number of nitrogens with zero attached hydrogens (tertiary/aromatic N) is 3. The van der Waals surface area contributed by atoms with E-state index in [2.05, 4.69) is 27.2 Å². The number of amidine groups is 1. The summed E-state index contributed by atoms with van der Waals surface area (Å²) >= 11 is 1.51. The number of hydrogen-bond acceptors (Lipinski definition) is 7. The molecule has 29 heavy (non-hydrogen) atoms. The molecule has 0 radical (unpaired) electrons. The van der Waals surface area contributed by atoms with Gasteiger partial charge in [0.25, 0.3) is 0 Å². The van der Waals surface area contributed by atoms with Crippen molar-refractivity contribution >= 4 is 17.2 Å². The van der Waals surface area contributed by atoms with Gasteiger partial charge in [0.2, 0.25) is 0 Å². The summed E-state index contributed by atoms with van der Waals surface area (Å²) in [6, 6.07) is 11.9. The van der Waals surface area contributed by atoms with Crippen LogP contribution in [-0.2, 0) is 22.7 Å². The summed E-state index contributed by atoms with van der Waals surface area (Å²) in [4.78, 5) is 12.3. The molecule has 152 valence electrons. The molecule has 2 N–H and O–H groups in total. The van der Waals surface area contributed by atoms with Gasteiger partial charge in [-0.15, -0.1) is 11.3 Å². The molecule has 0 spiro atoms. The summed E-state index contributed by atoms with van der Waals surface area (Å²) < 4.78 is 11.0. The highest BCUT2D eigenvalue weighted by Crippen LogP contribution is 2.25. The fraction of sp³-hybridized carbons (Fsp3) is 0.333. The van der Waals surface area contributed by atoms with Gasteiger partial charge in [0.15, 0.2) is 23.2 Å². The molecule has 0 bridgehead atoms. The van der Waals surface area contributed by atoms with Gasteiger partial charge in [0.05, 0.1) is 18.9 Å². The summed E-state index contributed by atoms with van der Waals surface area (Å²) in [6.07, 6.45) is 0. The van der Waals surface area contributed by atoms with Crippen LogP contribution in [0.5, 0.6) is 0 Å². The van der Waals surface area contributed by atoms with Crippen molar-refractivity contribution in [1.29, 1.82) is 0 Å². The summed E-state index contributed by atoms with van der Waals surface area (Å²) in [6.45, 7) is 6.51. The maximum Gasteiger partial charge on any atom is 0.170 e. The Bertz CT molecular complexity index is 976. The quantitative estimate of drug-likeness (QED) is 0.364. The van der Waals surface area contributed by atoms with Crippen LogP contribution in [0.1, 0.15) is 22.6 Å². The lowest BCUT2D eigenvalue weighted by Crippen LogP contribution is -2.35. The first-order valence-electron chi connectivity index (χ1n) is 9.53. The predicted octanol–water partition coefficient (Wildman–Crippen LogP) is 3.38. The maximum absolute atomic E-state index is 6.12. The topological polar surface area (TPSA) is 86.1 Å². The molecule has 0 saturated carbocycles. The van der Waals surface area contributed by atoms with Crippen molar-refractivity contribution in [3.05, 3.63) is 64.4 Å². The third-order valence-electron chi connectivity index (χ3n) is 4.61. The molecule has 1 aliphatic rings. The number of nitrogens with two attached hydrogens (primary N) is 1. The molecule has 0 aliphatic carbocycles. The lowest BCUT2D eigenvalue weighted by Gasteiger charge is -2.26. The SMILES string of the molecule is Cc1ccc(-c2nc(CO/N=C(/N)c3cccc(CN4CCOCC4)c3)cs2)o1. The average molecular weight is 413 g/mol. The Morgan fingerprint density at radius 2 is 2.14 bits per heavy atom. The van der Waals surface area contributed by atoms with Crippen LogP contribution in [0.2, 0.25) is 0 Å². The molecule has 7 nitrogen and oxygen atoms in total. The van der Waals surface area contributed by atoms with E-state index >= 15 is 0 Å². The Balaban J connectivity index is 1.34. The van der Waals surface area contributed by atoms with Gasteiger partial charge >= 0.3 is 0 Å². The number of hydrogen-bond donors (Lipinski definition) is 1. The average Bonchev–Trinajstić information content (AvgIpc) is 3.38. The molecule has 0 unspecified atom stereocenters. The summed E-state index contributed by atoms with van der Waals surface area (Å²) in [7, 11) is 0. The highest BCUT2D eigenvalue weighted by molar-refractivity contribution is 7.13. The van der Waals surface area contributed by atoms with Crippen LogP contribution in [0.25, 0.3) is 10.8 Å². The number of furan rings is 1. The smallest absolute Gasteiger partial charge is 0.170 e. The Morgan fingerprint density at radius 1 is 1.28 bits per heavy atom. The largest absolute Gasteiger partial charge is 0.459 e. The third-order valence-corrected chi connectivity index (χ3v) is 5.52. The molecule has 1 fully saturated rings. The van der Waals surface area contributed by atoms with E-state index in [-0.39, 0.29) is 6.61 Å². The van der Waals surface area contributed by atoms with E-state index < -0.39 is 0 Å². The van der Waals surface area contributed by atoms with Crippen molar-refractivity contribution in [2.45, 2.75) is 20.1 Å². The summed E-state index contributed by atoms with van der Waals surface area (Å²) in [5.41, 5.74) is 8.95. The second kappa shape index (κ2) is 9.21. The van der Waals surface area contributed by atoms with Crippen LogP contribution >= 0.6 is 11.3 Å². The van der Waals surface area contributed by atoms with E-state index in [0.717, 1.165) is 60.6 Å². The van der Waals surface area contributed by atoms with Gasteiger partial charge in [-0.1, -0.05) is 23.4 Å². The minimum atomic E-state index is 0.254. The van der Waals surface area contributed by atoms with Gasteiger partial charge in [-0.3, -0.25) is 4.90 Å². The Labute approximate surface area is 173 Å². The van der Waals surface area contributed by atoms with Crippen LogP contribution in [0.15, 0.2) is 51.4 Å². The second-order valence-electron chi connectivity index (χ2n) is 6.89. The molecular formula is C21H24N4O3S. The Morgan fingerprint density at radius 3 is 2.93 bits per heavy atom. The van der Waals surface area contributed by atoms with Crippen LogP contribution in [0.3, 0.4) is 0 Å². The molecule has 0 amide bonds. The lowest BCUT2D eigenvalue weighted by molar-refractivity contribution is 0.0342. The minimum absolute atomic E-state index is 0.254. The number of oxime groups is 1. The van der Waals surface area contributed by atoms with Gasteiger partial charge < -0.3 is 19.7 Å². The minimum Gasteiger partial charge on any atom is -0.459 e. The molecule has 0 atom stereocenters. The van der Waals surface area contributed by atoms with E-state index in [4.69, 9.17) is 19.7 Å². The van der Waals surface area contributed by atoms with E-state index in [1.54, 1.807) is 0 Å². The first-order chi connectivity index (χ1) is 14.2. The van der Waals surface area contributed by atoms with E-state index in [1.807, 2.05) is 36.6 Å². The number of aryl methyl sites for hydroxylation is 1. The van der Waals surface area contributed by atoms with Crippen molar-refractivity contribution in [2.75, 3.05) is 26.3 Å². The summed E-state index contributed by atoms with van der Waals surface area (Å²) in [5, 5.41) is 6.82. The molecule has 1 saturated heterocycles. The van der Waals surface area contributed by atoms with Gasteiger partial charge in [-0.2, -0.15) is 0 Å². The number of ether oxygens (including phenoxy) is 1. The lowest BCUT2D eigenvalue weighted by atomic mass is 10.1. The zero-order valence-electron chi connectivity index (χ0n) is 16.3. The zero-order valence-corrected chi connectivity index (χ0v) is 17.2. The van der Waals surface area contributed by atoms with E-state index in [9.17, 15) is 0 Å². The highest BCUT2D eigenvalue weighted by atomic mass is 32.1. The fourth-order valence-corrected chi connectivity index (χ4v) is 3.87. The van der Waals surface area contributed by atoms with Gasteiger partial charge in [-0.25, -0.2) is 4.98 Å². The molecule has 1 aliphatic heterocycles. The fourth-order valence-electron chi connectivity index (χ4n) is 3.10. The van der Waals surface area contributed by atoms with Crippen LogP contribution < -0.4 is 5.73 Å². The highest BCUT2D eigenvalue weighted by Gasteiger charge is 2.12. The van der Waals surface area contributed by atoms with Gasteiger partial charge in [-0.05, 0) is 30.7 Å². The van der Waals surface area contributed by atoms with Crippen LogP contribution in [0, 0.1) is 6.92 Å². The van der Waals surface area contributed by atoms with Gasteiger partial charge in [0, 0.05) is 30.6 Å². The Hall–Kier alpha value is -2.68. The molecule has 3 aromatic rings. The standard InChI is InChI=1S/C21H24N4O3S/c1-15-5-6-19(28-15)21-23-18(14-29-21)13-27-24-20(22)17-4-2-3-16(11-17)12-25-7-9-26-10-8-25/h2-6,11,14H,7-10,12-13H2,1H3,(H2,22,24). The number of thiazole rings is 1. The first-order valence-corrected chi connectivity index (χ1v) is 10.4. The normalized spacial score (nSPS) is 15.6. The van der Waals surface area contributed by atoms with E-state index in [1.165, 1.54) is 16.9 Å². The van der Waals surface area contributed by atoms with Crippen molar-refractivity contribution in [3.63, 3.8) is 0 Å². The summed E-state index contributed by atoms with van der Waals surface area (Å²) in [5.74, 6) is 1.98. The molecule has 1 aromatic carbocycles.